The van der Waals surface area contributed by atoms with E-state index in [2.05, 4.69) is 0 Å². The summed E-state index contributed by atoms with van der Waals surface area (Å²) in [5.74, 6) is -0.0538. The monoisotopic (exact) mass is 235 g/mol. The van der Waals surface area contributed by atoms with Gasteiger partial charge in [0, 0.05) is 11.4 Å². The number of thioether (sulfide) groups is 1. The molecule has 2 nitrogen and oxygen atoms in total. The summed E-state index contributed by atoms with van der Waals surface area (Å²) in [6.07, 6.45) is -0.473. The molecule has 1 rings (SSSR count). The van der Waals surface area contributed by atoms with Crippen molar-refractivity contribution in [3.8, 4) is 0 Å². The Bertz CT molecular complexity index is 333. The van der Waals surface area contributed by atoms with Gasteiger partial charge < -0.3 is 10.8 Å². The van der Waals surface area contributed by atoms with Crippen molar-refractivity contribution >= 4 is 29.1 Å². The van der Waals surface area contributed by atoms with Gasteiger partial charge in [0.1, 0.15) is 5.82 Å². The minimum atomic E-state index is -0.492. The van der Waals surface area contributed by atoms with E-state index in [-0.39, 0.29) is 5.02 Å². The fourth-order valence-corrected chi connectivity index (χ4v) is 2.10. The van der Waals surface area contributed by atoms with Gasteiger partial charge in [0.2, 0.25) is 0 Å². The Labute approximate surface area is 91.3 Å². The molecule has 0 saturated carbocycles. The van der Waals surface area contributed by atoms with Crippen molar-refractivity contribution in [1.29, 1.82) is 0 Å². The quantitative estimate of drug-likeness (QED) is 0.625. The van der Waals surface area contributed by atoms with Crippen LogP contribution in [0, 0.1) is 5.82 Å². The first-order valence-corrected chi connectivity index (χ1v) is 5.43. The molecule has 14 heavy (non-hydrogen) atoms. The fourth-order valence-electron chi connectivity index (χ4n) is 0.898. The fraction of sp³-hybridized carbons (Fsp3) is 0.333. The number of nitrogens with two attached hydrogens (primary N) is 1. The highest BCUT2D eigenvalue weighted by atomic mass is 35.5. The number of aliphatic hydroxyl groups excluding tert-OH is 1. The third-order valence-electron chi connectivity index (χ3n) is 1.55. The lowest BCUT2D eigenvalue weighted by molar-refractivity contribution is 0.220. The van der Waals surface area contributed by atoms with Crippen LogP contribution < -0.4 is 5.73 Å². The summed E-state index contributed by atoms with van der Waals surface area (Å²) >= 11 is 6.97. The lowest BCUT2D eigenvalue weighted by Crippen LogP contribution is -2.03. The second-order valence-electron chi connectivity index (χ2n) is 2.94. The molecule has 0 aliphatic carbocycles. The van der Waals surface area contributed by atoms with Crippen LogP contribution in [-0.2, 0) is 0 Å². The second kappa shape index (κ2) is 4.87. The molecule has 1 aromatic carbocycles. The molecule has 3 N–H and O–H groups in total. The van der Waals surface area contributed by atoms with E-state index in [0.717, 1.165) is 0 Å². The predicted molar refractivity (Wildman–Crippen MR) is 58.2 cm³/mol. The summed E-state index contributed by atoms with van der Waals surface area (Å²) < 4.78 is 13.0. The van der Waals surface area contributed by atoms with Gasteiger partial charge in [-0.25, -0.2) is 4.39 Å². The first kappa shape index (κ1) is 11.6. The zero-order valence-corrected chi connectivity index (χ0v) is 9.20. The van der Waals surface area contributed by atoms with Gasteiger partial charge >= 0.3 is 0 Å². The SMILES string of the molecule is C[C@H](O)CSc1c(N)ccc(F)c1Cl. The molecular weight excluding hydrogens is 225 g/mol. The van der Waals surface area contributed by atoms with Gasteiger partial charge in [-0.05, 0) is 19.1 Å². The lowest BCUT2D eigenvalue weighted by Gasteiger charge is -2.09. The lowest BCUT2D eigenvalue weighted by atomic mass is 10.3. The van der Waals surface area contributed by atoms with Crippen LogP contribution in [0.2, 0.25) is 5.02 Å². The summed E-state index contributed by atoms with van der Waals surface area (Å²) in [5.41, 5.74) is 6.06. The highest BCUT2D eigenvalue weighted by Gasteiger charge is 2.11. The van der Waals surface area contributed by atoms with Gasteiger partial charge in [-0.15, -0.1) is 11.8 Å². The Morgan fingerprint density at radius 3 is 2.86 bits per heavy atom. The number of aliphatic hydroxyl groups is 1. The minimum absolute atomic E-state index is 0.0238. The summed E-state index contributed by atoms with van der Waals surface area (Å²) in [5, 5.41) is 9.09. The maximum absolute atomic E-state index is 13.0. The largest absolute Gasteiger partial charge is 0.398 e. The van der Waals surface area contributed by atoms with Gasteiger partial charge in [0.15, 0.2) is 0 Å². The number of nitrogen functional groups attached to an aromatic ring is 1. The van der Waals surface area contributed by atoms with Crippen LogP contribution in [-0.4, -0.2) is 17.0 Å². The van der Waals surface area contributed by atoms with Crippen molar-refractivity contribution in [3.63, 3.8) is 0 Å². The molecule has 0 saturated heterocycles. The predicted octanol–water partition coefficient (Wildman–Crippen LogP) is 2.53. The Hall–Kier alpha value is -0.450. The molecule has 0 spiro atoms. The van der Waals surface area contributed by atoms with Gasteiger partial charge in [-0.1, -0.05) is 11.6 Å². The van der Waals surface area contributed by atoms with Crippen LogP contribution in [0.15, 0.2) is 17.0 Å². The highest BCUT2D eigenvalue weighted by molar-refractivity contribution is 7.99. The third-order valence-corrected chi connectivity index (χ3v) is 3.41. The van der Waals surface area contributed by atoms with Gasteiger partial charge in [-0.2, -0.15) is 0 Å². The molecule has 78 valence electrons. The summed E-state index contributed by atoms with van der Waals surface area (Å²) in [6, 6.07) is 2.69. The van der Waals surface area contributed by atoms with Crippen LogP contribution in [0.5, 0.6) is 0 Å². The Kier molecular flexibility index (Phi) is 4.04. The van der Waals surface area contributed by atoms with E-state index in [1.54, 1.807) is 6.92 Å². The topological polar surface area (TPSA) is 46.2 Å². The van der Waals surface area contributed by atoms with E-state index >= 15 is 0 Å². The molecule has 5 heteroatoms. The van der Waals surface area contributed by atoms with Crippen molar-refractivity contribution in [1.82, 2.24) is 0 Å². The molecule has 0 unspecified atom stereocenters. The molecule has 0 aliphatic heterocycles. The van der Waals surface area contributed by atoms with Crippen LogP contribution in [0.25, 0.3) is 0 Å². The molecule has 0 bridgehead atoms. The van der Waals surface area contributed by atoms with Gasteiger partial charge in [0.05, 0.1) is 16.0 Å². The smallest absolute Gasteiger partial charge is 0.143 e. The number of halogens is 2. The molecule has 0 heterocycles. The first-order valence-electron chi connectivity index (χ1n) is 4.06. The van der Waals surface area contributed by atoms with E-state index in [4.69, 9.17) is 22.4 Å². The Morgan fingerprint density at radius 1 is 1.64 bits per heavy atom. The first-order chi connectivity index (χ1) is 6.52. The summed E-state index contributed by atoms with van der Waals surface area (Å²) in [4.78, 5) is 0.493. The van der Waals surface area contributed by atoms with Crippen LogP contribution >= 0.6 is 23.4 Å². The third kappa shape index (κ3) is 2.77. The molecule has 1 aromatic rings. The Morgan fingerprint density at radius 2 is 2.29 bits per heavy atom. The maximum Gasteiger partial charge on any atom is 0.143 e. The van der Waals surface area contributed by atoms with Gasteiger partial charge in [0.25, 0.3) is 0 Å². The summed E-state index contributed by atoms with van der Waals surface area (Å²) in [6.45, 7) is 1.65. The second-order valence-corrected chi connectivity index (χ2v) is 4.35. The number of anilines is 1. The zero-order valence-electron chi connectivity index (χ0n) is 7.63. The Balaban J connectivity index is 2.89. The van der Waals surface area contributed by atoms with Crippen molar-refractivity contribution in [3.05, 3.63) is 23.0 Å². The van der Waals surface area contributed by atoms with Gasteiger partial charge in [-0.3, -0.25) is 0 Å². The summed E-state index contributed by atoms with van der Waals surface area (Å²) in [7, 11) is 0. The zero-order chi connectivity index (χ0) is 10.7. The number of benzene rings is 1. The normalized spacial score (nSPS) is 12.9. The molecule has 1 atom stereocenters. The molecular formula is C9H11ClFNOS. The maximum atomic E-state index is 13.0. The average molecular weight is 236 g/mol. The molecule has 0 fully saturated rings. The minimum Gasteiger partial charge on any atom is -0.398 e. The van der Waals surface area contributed by atoms with Crippen LogP contribution in [0.1, 0.15) is 6.92 Å². The van der Waals surface area contributed by atoms with E-state index in [1.165, 1.54) is 23.9 Å². The molecule has 0 amide bonds. The van der Waals surface area contributed by atoms with Crippen molar-refractivity contribution in [2.45, 2.75) is 17.9 Å². The van der Waals surface area contributed by atoms with E-state index < -0.39 is 11.9 Å². The van der Waals surface area contributed by atoms with Crippen LogP contribution in [0.4, 0.5) is 10.1 Å². The molecule has 0 aromatic heterocycles. The molecule has 0 radical (unpaired) electrons. The molecule has 0 aliphatic rings. The average Bonchev–Trinajstić information content (AvgIpc) is 2.11. The van der Waals surface area contributed by atoms with E-state index in [9.17, 15) is 4.39 Å². The van der Waals surface area contributed by atoms with E-state index in [0.29, 0.717) is 16.3 Å². The number of rotatable bonds is 3. The number of hydrogen-bond donors (Lipinski definition) is 2. The van der Waals surface area contributed by atoms with Crippen LogP contribution in [0.3, 0.4) is 0 Å². The highest BCUT2D eigenvalue weighted by Crippen LogP contribution is 2.34. The van der Waals surface area contributed by atoms with Crippen molar-refractivity contribution in [2.75, 3.05) is 11.5 Å². The number of hydrogen-bond acceptors (Lipinski definition) is 3. The van der Waals surface area contributed by atoms with Crippen molar-refractivity contribution < 1.29 is 9.50 Å². The van der Waals surface area contributed by atoms with Crippen molar-refractivity contribution in [2.24, 2.45) is 0 Å². The standard InChI is InChI=1S/C9H11ClFNOS/c1-5(13)4-14-9-7(12)3-2-6(11)8(9)10/h2-3,5,13H,4,12H2,1H3/t5-/m0/s1. The van der Waals surface area contributed by atoms with E-state index in [1.807, 2.05) is 0 Å².